The van der Waals surface area contributed by atoms with E-state index >= 15 is 0 Å². The highest BCUT2D eigenvalue weighted by Gasteiger charge is 2.07. The largest absolute Gasteiger partial charge is 0.508 e. The Hall–Kier alpha value is -2.00. The van der Waals surface area contributed by atoms with Crippen LogP contribution < -0.4 is 5.73 Å². The van der Waals surface area contributed by atoms with E-state index < -0.39 is 0 Å². The molecule has 0 atom stereocenters. The van der Waals surface area contributed by atoms with Gasteiger partial charge < -0.3 is 15.9 Å². The summed E-state index contributed by atoms with van der Waals surface area (Å²) in [7, 11) is 0. The van der Waals surface area contributed by atoms with Gasteiger partial charge in [0.05, 0.1) is 0 Å². The van der Waals surface area contributed by atoms with Crippen molar-refractivity contribution in [3.8, 4) is 16.9 Å². The minimum absolute atomic E-state index is 0.0771. The summed E-state index contributed by atoms with van der Waals surface area (Å²) in [5, 5.41) is 18.4. The van der Waals surface area contributed by atoms with E-state index in [1.807, 2.05) is 24.3 Å². The van der Waals surface area contributed by atoms with E-state index in [0.29, 0.717) is 12.1 Å². The molecule has 0 aliphatic rings. The number of aromatic hydroxyl groups is 1. The lowest BCUT2D eigenvalue weighted by Gasteiger charge is -2.10. The number of aliphatic hydroxyl groups excluding tert-OH is 1. The predicted octanol–water partition coefficient (Wildman–Crippen LogP) is 2.18. The second-order valence-electron chi connectivity index (χ2n) is 3.90. The van der Waals surface area contributed by atoms with Crippen molar-refractivity contribution >= 4 is 5.69 Å². The molecule has 3 heteroatoms. The molecule has 0 radical (unpaired) electrons. The third kappa shape index (κ3) is 2.40. The summed E-state index contributed by atoms with van der Waals surface area (Å²) in [5.74, 6) is 0.217. The molecule has 2 aromatic rings. The van der Waals surface area contributed by atoms with Crippen LogP contribution in [0.4, 0.5) is 5.69 Å². The molecule has 0 aliphatic carbocycles. The summed E-state index contributed by atoms with van der Waals surface area (Å²) in [6.07, 6.45) is 0.540. The molecule has 2 aromatic carbocycles. The van der Waals surface area contributed by atoms with E-state index in [2.05, 4.69) is 0 Å². The second kappa shape index (κ2) is 4.89. The quantitative estimate of drug-likeness (QED) is 0.707. The van der Waals surface area contributed by atoms with Gasteiger partial charge >= 0.3 is 0 Å². The topological polar surface area (TPSA) is 66.5 Å². The maximum atomic E-state index is 9.46. The Labute approximate surface area is 100 Å². The summed E-state index contributed by atoms with van der Waals surface area (Å²) in [6, 6.07) is 12.7. The smallest absolute Gasteiger partial charge is 0.116 e. The molecule has 0 aromatic heterocycles. The zero-order valence-electron chi connectivity index (χ0n) is 9.43. The number of aliphatic hydroxyl groups is 1. The van der Waals surface area contributed by atoms with E-state index in [1.54, 1.807) is 18.2 Å². The first-order valence-electron chi connectivity index (χ1n) is 5.50. The van der Waals surface area contributed by atoms with Crippen LogP contribution in [0.5, 0.6) is 5.75 Å². The molecule has 0 unspecified atom stereocenters. The normalized spacial score (nSPS) is 10.4. The maximum absolute atomic E-state index is 9.46. The van der Waals surface area contributed by atoms with Gasteiger partial charge in [-0.05, 0) is 29.7 Å². The van der Waals surface area contributed by atoms with Crippen molar-refractivity contribution in [3.63, 3.8) is 0 Å². The van der Waals surface area contributed by atoms with Gasteiger partial charge in [0, 0.05) is 17.9 Å². The van der Waals surface area contributed by atoms with Gasteiger partial charge in [0.1, 0.15) is 5.75 Å². The van der Waals surface area contributed by atoms with E-state index in [1.165, 1.54) is 0 Å². The van der Waals surface area contributed by atoms with Crippen molar-refractivity contribution in [2.75, 3.05) is 12.3 Å². The molecular formula is C14H15NO2. The molecule has 0 amide bonds. The summed E-state index contributed by atoms with van der Waals surface area (Å²) in [4.78, 5) is 0. The van der Waals surface area contributed by atoms with Gasteiger partial charge in [0.2, 0.25) is 0 Å². The first kappa shape index (κ1) is 11.5. The van der Waals surface area contributed by atoms with E-state index in [-0.39, 0.29) is 12.4 Å². The average molecular weight is 229 g/mol. The SMILES string of the molecule is Nc1c(CCO)cccc1-c1cccc(O)c1. The number of phenols is 1. The van der Waals surface area contributed by atoms with Crippen LogP contribution in [0.15, 0.2) is 42.5 Å². The molecular weight excluding hydrogens is 214 g/mol. The van der Waals surface area contributed by atoms with Crippen molar-refractivity contribution < 1.29 is 10.2 Å². The molecule has 0 spiro atoms. The van der Waals surface area contributed by atoms with Crippen LogP contribution in [0.25, 0.3) is 11.1 Å². The van der Waals surface area contributed by atoms with Crippen molar-refractivity contribution in [2.45, 2.75) is 6.42 Å². The lowest BCUT2D eigenvalue weighted by Crippen LogP contribution is -1.99. The summed E-state index contributed by atoms with van der Waals surface area (Å²) in [6.45, 7) is 0.0771. The number of nitrogens with two attached hydrogens (primary N) is 1. The molecule has 0 saturated carbocycles. The van der Waals surface area contributed by atoms with Gasteiger partial charge in [-0.15, -0.1) is 0 Å². The lowest BCUT2D eigenvalue weighted by atomic mass is 9.99. The Bertz CT molecular complexity index is 523. The summed E-state index contributed by atoms with van der Waals surface area (Å²) in [5.41, 5.74) is 9.40. The van der Waals surface area contributed by atoms with Crippen LogP contribution in [0.2, 0.25) is 0 Å². The van der Waals surface area contributed by atoms with Gasteiger partial charge in [-0.25, -0.2) is 0 Å². The average Bonchev–Trinajstić information content (AvgIpc) is 2.32. The van der Waals surface area contributed by atoms with Crippen LogP contribution in [-0.2, 0) is 6.42 Å². The molecule has 0 fully saturated rings. The standard InChI is InChI=1S/C14H15NO2/c15-14-10(7-8-16)3-2-6-13(14)11-4-1-5-12(17)9-11/h1-6,9,16-17H,7-8,15H2. The zero-order chi connectivity index (χ0) is 12.3. The van der Waals surface area contributed by atoms with Crippen molar-refractivity contribution in [1.82, 2.24) is 0 Å². The highest BCUT2D eigenvalue weighted by Crippen LogP contribution is 2.30. The number of hydrogen-bond acceptors (Lipinski definition) is 3. The van der Waals surface area contributed by atoms with Crippen molar-refractivity contribution in [2.24, 2.45) is 0 Å². The third-order valence-corrected chi connectivity index (χ3v) is 2.73. The van der Waals surface area contributed by atoms with Crippen molar-refractivity contribution in [3.05, 3.63) is 48.0 Å². The van der Waals surface area contributed by atoms with Gasteiger partial charge in [-0.3, -0.25) is 0 Å². The Balaban J connectivity index is 2.49. The van der Waals surface area contributed by atoms with Crippen LogP contribution in [0, 0.1) is 0 Å². The van der Waals surface area contributed by atoms with Crippen LogP contribution in [-0.4, -0.2) is 16.8 Å². The molecule has 0 bridgehead atoms. The minimum atomic E-state index is 0.0771. The molecule has 0 saturated heterocycles. The first-order chi connectivity index (χ1) is 8.22. The Morgan fingerprint density at radius 3 is 2.53 bits per heavy atom. The number of rotatable bonds is 3. The molecule has 0 heterocycles. The number of benzene rings is 2. The minimum Gasteiger partial charge on any atom is -0.508 e. The number of para-hydroxylation sites is 1. The van der Waals surface area contributed by atoms with Gasteiger partial charge in [0.25, 0.3) is 0 Å². The fraction of sp³-hybridized carbons (Fsp3) is 0.143. The van der Waals surface area contributed by atoms with E-state index in [9.17, 15) is 5.11 Å². The molecule has 3 nitrogen and oxygen atoms in total. The van der Waals surface area contributed by atoms with E-state index in [0.717, 1.165) is 16.7 Å². The van der Waals surface area contributed by atoms with Crippen LogP contribution >= 0.6 is 0 Å². The van der Waals surface area contributed by atoms with Gasteiger partial charge in [-0.1, -0.05) is 30.3 Å². The molecule has 88 valence electrons. The maximum Gasteiger partial charge on any atom is 0.116 e. The fourth-order valence-corrected chi connectivity index (χ4v) is 1.88. The molecule has 17 heavy (non-hydrogen) atoms. The predicted molar refractivity (Wildman–Crippen MR) is 68.7 cm³/mol. The third-order valence-electron chi connectivity index (χ3n) is 2.73. The van der Waals surface area contributed by atoms with Crippen LogP contribution in [0.1, 0.15) is 5.56 Å². The summed E-state index contributed by atoms with van der Waals surface area (Å²) < 4.78 is 0. The Morgan fingerprint density at radius 2 is 1.82 bits per heavy atom. The monoisotopic (exact) mass is 229 g/mol. The number of phenolic OH excluding ortho intramolecular Hbond substituents is 1. The van der Waals surface area contributed by atoms with Crippen LogP contribution in [0.3, 0.4) is 0 Å². The molecule has 2 rings (SSSR count). The fourth-order valence-electron chi connectivity index (χ4n) is 1.88. The Morgan fingerprint density at radius 1 is 1.06 bits per heavy atom. The van der Waals surface area contributed by atoms with Gasteiger partial charge in [-0.2, -0.15) is 0 Å². The van der Waals surface area contributed by atoms with Gasteiger partial charge in [0.15, 0.2) is 0 Å². The first-order valence-corrected chi connectivity index (χ1v) is 5.50. The highest BCUT2D eigenvalue weighted by atomic mass is 16.3. The number of anilines is 1. The molecule has 0 aliphatic heterocycles. The Kier molecular flexibility index (Phi) is 3.30. The lowest BCUT2D eigenvalue weighted by molar-refractivity contribution is 0.300. The highest BCUT2D eigenvalue weighted by molar-refractivity contribution is 5.79. The van der Waals surface area contributed by atoms with E-state index in [4.69, 9.17) is 10.8 Å². The number of nitrogen functional groups attached to an aromatic ring is 1. The summed E-state index contributed by atoms with van der Waals surface area (Å²) >= 11 is 0. The molecule has 4 N–H and O–H groups in total. The number of hydrogen-bond donors (Lipinski definition) is 3. The van der Waals surface area contributed by atoms with Crippen molar-refractivity contribution in [1.29, 1.82) is 0 Å². The second-order valence-corrected chi connectivity index (χ2v) is 3.90. The zero-order valence-corrected chi connectivity index (χ0v) is 9.43.